The second kappa shape index (κ2) is 13.3. The fourth-order valence-electron chi connectivity index (χ4n) is 9.65. The van der Waals surface area contributed by atoms with Crippen LogP contribution in [0.2, 0.25) is 0 Å². The molecule has 0 aliphatic heterocycles. The highest BCUT2D eigenvalue weighted by atomic mass is 16.3. The van der Waals surface area contributed by atoms with Crippen LogP contribution in [0.25, 0.3) is 66.1 Å². The van der Waals surface area contributed by atoms with Gasteiger partial charge in [-0.25, -0.2) is 0 Å². The van der Waals surface area contributed by atoms with Gasteiger partial charge < -0.3 is 9.32 Å². The molecule has 8 aromatic carbocycles. The first-order valence-corrected chi connectivity index (χ1v) is 21.0. The average Bonchev–Trinajstić information content (AvgIpc) is 3.73. The van der Waals surface area contributed by atoms with Crippen molar-refractivity contribution in [3.63, 3.8) is 0 Å². The van der Waals surface area contributed by atoms with Crippen LogP contribution in [0, 0.1) is 0 Å². The van der Waals surface area contributed by atoms with E-state index in [4.69, 9.17) is 4.42 Å². The molecule has 1 heterocycles. The van der Waals surface area contributed by atoms with Crippen LogP contribution < -0.4 is 4.90 Å². The summed E-state index contributed by atoms with van der Waals surface area (Å²) in [5.74, 6) is 0. The minimum absolute atomic E-state index is 0.0304. The summed E-state index contributed by atoms with van der Waals surface area (Å²) in [7, 11) is 0. The standard InChI is InChI=1S/C57H51NO/c1-55(2,3)38-34-46(56(4,5)6)54-47(35-38)57(7,8)45-25-16-24-43(53(45)54)42-21-11-13-26-49(42)58(48-27-15-19-36-18-9-10-20-40(36)48)39-32-30-37(31-33-39)41-23-17-29-51-52(41)44-22-12-14-28-50(44)59-51/h9-35H,1-8H3. The van der Waals surface area contributed by atoms with Crippen molar-refractivity contribution >= 4 is 49.8 Å². The number of furan rings is 1. The molecule has 0 atom stereocenters. The zero-order chi connectivity index (χ0) is 40.8. The first-order valence-electron chi connectivity index (χ1n) is 21.0. The second-order valence-electron chi connectivity index (χ2n) is 19.0. The van der Waals surface area contributed by atoms with Crippen molar-refractivity contribution in [2.24, 2.45) is 0 Å². The SMILES string of the molecule is CC(C)(C)c1cc(C(C)(C)C)c2c(c1)C(C)(C)c1cccc(-c3ccccc3N(c3ccc(-c4cccc5oc6ccccc6c45)cc3)c3cccc4ccccc34)c1-2. The van der Waals surface area contributed by atoms with Gasteiger partial charge in [-0.2, -0.15) is 0 Å². The van der Waals surface area contributed by atoms with Crippen LogP contribution in [0.4, 0.5) is 17.1 Å². The van der Waals surface area contributed by atoms with E-state index < -0.39 is 0 Å². The fourth-order valence-corrected chi connectivity index (χ4v) is 9.65. The Kier molecular flexibility index (Phi) is 8.34. The number of hydrogen-bond acceptors (Lipinski definition) is 2. The van der Waals surface area contributed by atoms with Gasteiger partial charge in [0.2, 0.25) is 0 Å². The molecule has 10 rings (SSSR count). The molecule has 2 heteroatoms. The highest BCUT2D eigenvalue weighted by molar-refractivity contribution is 6.12. The van der Waals surface area contributed by atoms with Crippen molar-refractivity contribution in [1.29, 1.82) is 0 Å². The lowest BCUT2D eigenvalue weighted by molar-refractivity contribution is 0.564. The summed E-state index contributed by atoms with van der Waals surface area (Å²) in [5, 5.41) is 4.71. The Morgan fingerprint density at radius 1 is 0.475 bits per heavy atom. The number of para-hydroxylation sites is 2. The van der Waals surface area contributed by atoms with Crippen molar-refractivity contribution in [1.82, 2.24) is 0 Å². The van der Waals surface area contributed by atoms with Gasteiger partial charge in [0.1, 0.15) is 11.2 Å². The number of fused-ring (bicyclic) bond motifs is 7. The molecule has 9 aromatic rings. The number of rotatable bonds is 5. The Hall–Kier alpha value is -6.38. The predicted octanol–water partition coefficient (Wildman–Crippen LogP) is 16.4. The third-order valence-corrected chi connectivity index (χ3v) is 12.8. The fraction of sp³-hybridized carbons (Fsp3) is 0.193. The molecule has 0 unspecified atom stereocenters. The Balaban J connectivity index is 1.20. The maximum absolute atomic E-state index is 6.29. The van der Waals surface area contributed by atoms with Crippen LogP contribution in [0.3, 0.4) is 0 Å². The lowest BCUT2D eigenvalue weighted by Gasteiger charge is -2.31. The first kappa shape index (κ1) is 36.9. The van der Waals surface area contributed by atoms with Crippen LogP contribution in [0.1, 0.15) is 77.6 Å². The van der Waals surface area contributed by atoms with Gasteiger partial charge in [-0.05, 0) is 103 Å². The summed E-state index contributed by atoms with van der Waals surface area (Å²) >= 11 is 0. The molecular weight excluding hydrogens is 715 g/mol. The van der Waals surface area contributed by atoms with Gasteiger partial charge in [-0.3, -0.25) is 0 Å². The first-order chi connectivity index (χ1) is 28.3. The summed E-state index contributed by atoms with van der Waals surface area (Å²) in [6, 6.07) is 60.3. The maximum atomic E-state index is 6.29. The van der Waals surface area contributed by atoms with Crippen molar-refractivity contribution in [3.05, 3.63) is 186 Å². The second-order valence-corrected chi connectivity index (χ2v) is 19.0. The van der Waals surface area contributed by atoms with Crippen molar-refractivity contribution in [2.75, 3.05) is 4.90 Å². The van der Waals surface area contributed by atoms with E-state index >= 15 is 0 Å². The van der Waals surface area contributed by atoms with Gasteiger partial charge in [-0.15, -0.1) is 0 Å². The summed E-state index contributed by atoms with van der Waals surface area (Å²) in [6.45, 7) is 19.0. The highest BCUT2D eigenvalue weighted by Gasteiger charge is 2.41. The van der Waals surface area contributed by atoms with E-state index in [1.807, 2.05) is 6.07 Å². The lowest BCUT2D eigenvalue weighted by Crippen LogP contribution is -2.21. The van der Waals surface area contributed by atoms with Crippen LogP contribution in [-0.2, 0) is 16.2 Å². The molecular formula is C57H51NO. The van der Waals surface area contributed by atoms with E-state index in [9.17, 15) is 0 Å². The van der Waals surface area contributed by atoms with E-state index in [0.29, 0.717) is 0 Å². The molecule has 1 aliphatic rings. The minimum atomic E-state index is -0.162. The van der Waals surface area contributed by atoms with E-state index in [2.05, 4.69) is 218 Å². The van der Waals surface area contributed by atoms with Crippen LogP contribution in [0.15, 0.2) is 168 Å². The average molecular weight is 766 g/mol. The molecule has 0 radical (unpaired) electrons. The summed E-state index contributed by atoms with van der Waals surface area (Å²) in [6.07, 6.45) is 0. The van der Waals surface area contributed by atoms with Gasteiger partial charge in [0.05, 0.1) is 11.4 Å². The molecule has 290 valence electrons. The lowest BCUT2D eigenvalue weighted by atomic mass is 9.74. The maximum Gasteiger partial charge on any atom is 0.136 e. The number of nitrogens with zero attached hydrogens (tertiary/aromatic N) is 1. The molecule has 0 bridgehead atoms. The topological polar surface area (TPSA) is 16.4 Å². The summed E-state index contributed by atoms with van der Waals surface area (Å²) in [4.78, 5) is 2.48. The zero-order valence-electron chi connectivity index (χ0n) is 35.4. The normalized spacial score (nSPS) is 13.6. The van der Waals surface area contributed by atoms with Gasteiger partial charge in [0, 0.05) is 32.8 Å². The van der Waals surface area contributed by atoms with Gasteiger partial charge >= 0.3 is 0 Å². The van der Waals surface area contributed by atoms with Crippen molar-refractivity contribution in [2.45, 2.75) is 71.6 Å². The Bertz CT molecular complexity index is 3080. The van der Waals surface area contributed by atoms with Gasteiger partial charge in [-0.1, -0.05) is 183 Å². The highest BCUT2D eigenvalue weighted by Crippen LogP contribution is 2.57. The summed E-state index contributed by atoms with van der Waals surface area (Å²) in [5.41, 5.74) is 18.2. The Morgan fingerprint density at radius 2 is 1.08 bits per heavy atom. The molecule has 0 N–H and O–H groups in total. The number of hydrogen-bond donors (Lipinski definition) is 0. The van der Waals surface area contributed by atoms with Crippen LogP contribution >= 0.6 is 0 Å². The molecule has 0 spiro atoms. The zero-order valence-corrected chi connectivity index (χ0v) is 35.4. The third-order valence-electron chi connectivity index (χ3n) is 12.8. The van der Waals surface area contributed by atoms with E-state index in [0.717, 1.165) is 44.6 Å². The minimum Gasteiger partial charge on any atom is -0.456 e. The van der Waals surface area contributed by atoms with E-state index in [1.165, 1.54) is 60.8 Å². The van der Waals surface area contributed by atoms with E-state index in [1.54, 1.807) is 0 Å². The molecule has 0 fully saturated rings. The number of anilines is 3. The Morgan fingerprint density at radius 3 is 1.86 bits per heavy atom. The molecule has 0 saturated carbocycles. The molecule has 0 saturated heterocycles. The molecule has 0 amide bonds. The van der Waals surface area contributed by atoms with E-state index in [-0.39, 0.29) is 16.2 Å². The monoisotopic (exact) mass is 765 g/mol. The molecule has 59 heavy (non-hydrogen) atoms. The molecule has 1 aromatic heterocycles. The quantitative estimate of drug-likeness (QED) is 0.173. The number of benzene rings is 8. The van der Waals surface area contributed by atoms with Crippen molar-refractivity contribution < 1.29 is 4.42 Å². The third kappa shape index (κ3) is 5.91. The largest absolute Gasteiger partial charge is 0.456 e. The summed E-state index contributed by atoms with van der Waals surface area (Å²) < 4.78 is 6.29. The molecule has 1 aliphatic carbocycles. The van der Waals surface area contributed by atoms with Crippen LogP contribution in [0.5, 0.6) is 0 Å². The molecule has 2 nitrogen and oxygen atoms in total. The van der Waals surface area contributed by atoms with Gasteiger partial charge in [0.25, 0.3) is 0 Å². The van der Waals surface area contributed by atoms with Crippen molar-refractivity contribution in [3.8, 4) is 33.4 Å². The van der Waals surface area contributed by atoms with Gasteiger partial charge in [0.15, 0.2) is 0 Å². The predicted molar refractivity (Wildman–Crippen MR) is 252 cm³/mol. The smallest absolute Gasteiger partial charge is 0.136 e. The van der Waals surface area contributed by atoms with Crippen LogP contribution in [-0.4, -0.2) is 0 Å². The Labute approximate surface area is 348 Å².